The molecule has 0 aromatic carbocycles. The van der Waals surface area contributed by atoms with Gasteiger partial charge in [-0.15, -0.1) is 0 Å². The summed E-state index contributed by atoms with van der Waals surface area (Å²) < 4.78 is 16.8. The molecule has 1 fully saturated rings. The van der Waals surface area contributed by atoms with Crippen LogP contribution < -0.4 is 5.32 Å². The number of esters is 1. The van der Waals surface area contributed by atoms with Crippen molar-refractivity contribution in [2.75, 3.05) is 19.8 Å². The minimum Gasteiger partial charge on any atom is -0.466 e. The van der Waals surface area contributed by atoms with E-state index in [0.717, 1.165) is 51.4 Å². The van der Waals surface area contributed by atoms with Gasteiger partial charge in [-0.2, -0.15) is 0 Å². The molecular weight excluding hydrogens is 1230 g/mol. The Labute approximate surface area is 613 Å². The van der Waals surface area contributed by atoms with Crippen LogP contribution >= 0.6 is 0 Å². The smallest absolute Gasteiger partial charge is 0.305 e. The summed E-state index contributed by atoms with van der Waals surface area (Å²) in [6.07, 6.45) is 90.9. The van der Waals surface area contributed by atoms with Crippen molar-refractivity contribution >= 4 is 11.9 Å². The summed E-state index contributed by atoms with van der Waals surface area (Å²) in [7, 11) is 0. The molecular formula is C88H169NO10. The standard InChI is InChI=1S/C88H169NO10/c1-3-5-7-9-11-13-15-17-19-43-48-52-56-60-64-68-72-76-84(93)97-77-73-69-65-61-57-53-49-45-42-40-38-36-34-32-30-28-26-24-22-20-21-23-25-27-29-31-33-35-37-39-41-44-47-51-55-59-63-67-71-75-83(92)89-80(79-98-88-87(96)86(95)85(94)82(78-90)99-88)81(91)74-70-66-62-58-54-50-46-18-16-14-12-10-8-6-4-2/h20-21,70,74,80-82,85-88,90-91,94-96H,3-19,22-69,71-73,75-79H2,1-2H3,(H,89,92)/b21-20-,74-70+. The van der Waals surface area contributed by atoms with Crippen LogP contribution in [0.25, 0.3) is 0 Å². The summed E-state index contributed by atoms with van der Waals surface area (Å²) in [5.41, 5.74) is 0. The highest BCUT2D eigenvalue weighted by atomic mass is 16.7. The molecule has 586 valence electrons. The van der Waals surface area contributed by atoms with Crippen LogP contribution in [-0.4, -0.2) is 100 Å². The molecule has 1 amide bonds. The second-order valence-corrected chi connectivity index (χ2v) is 31.0. The van der Waals surface area contributed by atoms with E-state index in [-0.39, 0.29) is 18.5 Å². The molecule has 1 rings (SSSR count). The number of carbonyl (C=O) groups is 2. The lowest BCUT2D eigenvalue weighted by Gasteiger charge is -2.40. The molecule has 0 saturated carbocycles. The van der Waals surface area contributed by atoms with E-state index in [9.17, 15) is 35.1 Å². The fraction of sp³-hybridized carbons (Fsp3) is 0.932. The zero-order valence-electron chi connectivity index (χ0n) is 65.7. The summed E-state index contributed by atoms with van der Waals surface area (Å²) in [5.74, 6) is -0.151. The Hall–Kier alpha value is -1.86. The van der Waals surface area contributed by atoms with Crippen molar-refractivity contribution in [1.29, 1.82) is 0 Å². The summed E-state index contributed by atoms with van der Waals surface area (Å²) in [6, 6.07) is -0.807. The van der Waals surface area contributed by atoms with Gasteiger partial charge in [0.2, 0.25) is 5.91 Å². The van der Waals surface area contributed by atoms with Crippen LogP contribution in [0.15, 0.2) is 24.3 Å². The summed E-state index contributed by atoms with van der Waals surface area (Å²) in [4.78, 5) is 25.3. The van der Waals surface area contributed by atoms with Gasteiger partial charge in [-0.05, 0) is 57.8 Å². The number of nitrogens with one attached hydrogen (secondary N) is 1. The van der Waals surface area contributed by atoms with E-state index in [0.29, 0.717) is 19.4 Å². The van der Waals surface area contributed by atoms with Crippen LogP contribution in [0.3, 0.4) is 0 Å². The lowest BCUT2D eigenvalue weighted by Crippen LogP contribution is -2.60. The van der Waals surface area contributed by atoms with Gasteiger partial charge in [0, 0.05) is 12.8 Å². The predicted octanol–water partition coefficient (Wildman–Crippen LogP) is 24.7. The lowest BCUT2D eigenvalue weighted by atomic mass is 9.99. The number of aliphatic hydroxyl groups is 5. The molecule has 1 aliphatic heterocycles. The van der Waals surface area contributed by atoms with Gasteiger partial charge in [-0.1, -0.05) is 417 Å². The number of ether oxygens (including phenoxy) is 3. The molecule has 1 heterocycles. The molecule has 7 unspecified atom stereocenters. The van der Waals surface area contributed by atoms with Gasteiger partial charge in [-0.3, -0.25) is 9.59 Å². The molecule has 0 aromatic rings. The number of amides is 1. The number of hydrogen-bond acceptors (Lipinski definition) is 10. The first kappa shape index (κ1) is 95.2. The molecule has 0 spiro atoms. The molecule has 0 bridgehead atoms. The van der Waals surface area contributed by atoms with Crippen LogP contribution in [-0.2, 0) is 23.8 Å². The van der Waals surface area contributed by atoms with E-state index in [1.54, 1.807) is 6.08 Å². The minimum absolute atomic E-state index is 0.0220. The average molecular weight is 1400 g/mol. The average Bonchev–Trinajstić information content (AvgIpc) is 0.834. The summed E-state index contributed by atoms with van der Waals surface area (Å²) >= 11 is 0. The van der Waals surface area contributed by atoms with E-state index >= 15 is 0 Å². The Kier molecular flexibility index (Phi) is 74.2. The zero-order valence-corrected chi connectivity index (χ0v) is 65.7. The molecule has 0 aliphatic carbocycles. The van der Waals surface area contributed by atoms with Gasteiger partial charge in [-0.25, -0.2) is 0 Å². The summed E-state index contributed by atoms with van der Waals surface area (Å²) in [5, 5.41) is 54.7. The van der Waals surface area contributed by atoms with Gasteiger partial charge in [0.15, 0.2) is 6.29 Å². The third-order valence-corrected chi connectivity index (χ3v) is 21.3. The van der Waals surface area contributed by atoms with E-state index in [1.165, 1.54) is 385 Å². The van der Waals surface area contributed by atoms with Crippen LogP contribution in [0.4, 0.5) is 0 Å². The van der Waals surface area contributed by atoms with E-state index in [2.05, 4.69) is 31.3 Å². The van der Waals surface area contributed by atoms with Gasteiger partial charge in [0.1, 0.15) is 24.4 Å². The van der Waals surface area contributed by atoms with Crippen molar-refractivity contribution < 1.29 is 49.3 Å². The number of carbonyl (C=O) groups excluding carboxylic acids is 2. The molecule has 1 aliphatic rings. The second-order valence-electron chi connectivity index (χ2n) is 31.0. The van der Waals surface area contributed by atoms with E-state index in [4.69, 9.17) is 14.2 Å². The molecule has 0 aromatic heterocycles. The zero-order chi connectivity index (χ0) is 71.5. The first-order valence-electron chi connectivity index (χ1n) is 44.1. The van der Waals surface area contributed by atoms with Crippen molar-refractivity contribution in [1.82, 2.24) is 5.32 Å². The Morgan fingerprint density at radius 3 is 0.970 bits per heavy atom. The topological polar surface area (TPSA) is 175 Å². The predicted molar refractivity (Wildman–Crippen MR) is 421 cm³/mol. The summed E-state index contributed by atoms with van der Waals surface area (Å²) in [6.45, 7) is 4.43. The van der Waals surface area contributed by atoms with E-state index < -0.39 is 49.5 Å². The highest BCUT2D eigenvalue weighted by Gasteiger charge is 2.44. The van der Waals surface area contributed by atoms with Crippen molar-refractivity contribution in [3.05, 3.63) is 24.3 Å². The first-order chi connectivity index (χ1) is 48.7. The Morgan fingerprint density at radius 2 is 0.646 bits per heavy atom. The van der Waals surface area contributed by atoms with Gasteiger partial charge in [0.25, 0.3) is 0 Å². The number of rotatable bonds is 80. The second kappa shape index (κ2) is 77.2. The molecule has 99 heavy (non-hydrogen) atoms. The molecule has 11 heteroatoms. The molecule has 11 nitrogen and oxygen atoms in total. The van der Waals surface area contributed by atoms with Crippen molar-refractivity contribution in [3.63, 3.8) is 0 Å². The Morgan fingerprint density at radius 1 is 0.364 bits per heavy atom. The maximum Gasteiger partial charge on any atom is 0.305 e. The van der Waals surface area contributed by atoms with Crippen LogP contribution in [0.2, 0.25) is 0 Å². The first-order valence-corrected chi connectivity index (χ1v) is 44.1. The van der Waals surface area contributed by atoms with Crippen molar-refractivity contribution in [3.8, 4) is 0 Å². The highest BCUT2D eigenvalue weighted by Crippen LogP contribution is 2.24. The Balaban J connectivity index is 1.88. The fourth-order valence-corrected chi connectivity index (χ4v) is 14.4. The van der Waals surface area contributed by atoms with Crippen LogP contribution in [0, 0.1) is 0 Å². The molecule has 0 radical (unpaired) electrons. The number of aliphatic hydroxyl groups excluding tert-OH is 5. The normalized spacial score (nSPS) is 17.2. The lowest BCUT2D eigenvalue weighted by molar-refractivity contribution is -0.302. The van der Waals surface area contributed by atoms with Gasteiger partial charge < -0.3 is 45.1 Å². The van der Waals surface area contributed by atoms with Gasteiger partial charge >= 0.3 is 5.97 Å². The SMILES string of the molecule is CCCCCCCCCCCCCCC/C=C/C(O)C(COC1OC(CO)C(O)C(O)C1O)NC(=O)CCCCCCCCCCCCCCCCCCC/C=C\CCCCCCCCCCCCCCCCCCCCOC(=O)CCCCCCCCCCCCCCCCCCC. The maximum absolute atomic E-state index is 13.1. The third kappa shape index (κ3) is 65.4. The number of allylic oxidation sites excluding steroid dienone is 3. The fourth-order valence-electron chi connectivity index (χ4n) is 14.4. The monoisotopic (exact) mass is 1400 g/mol. The van der Waals surface area contributed by atoms with Crippen molar-refractivity contribution in [2.45, 2.75) is 506 Å². The van der Waals surface area contributed by atoms with Crippen LogP contribution in [0.1, 0.15) is 463 Å². The molecule has 1 saturated heterocycles. The maximum atomic E-state index is 13.1. The Bertz CT molecular complexity index is 1690. The number of hydrogen-bond donors (Lipinski definition) is 6. The van der Waals surface area contributed by atoms with Crippen molar-refractivity contribution in [2.24, 2.45) is 0 Å². The largest absolute Gasteiger partial charge is 0.466 e. The van der Waals surface area contributed by atoms with E-state index in [1.807, 2.05) is 6.08 Å². The minimum atomic E-state index is -1.57. The third-order valence-electron chi connectivity index (χ3n) is 21.3. The molecule has 6 N–H and O–H groups in total. The highest BCUT2D eigenvalue weighted by molar-refractivity contribution is 5.76. The number of unbranched alkanes of at least 4 members (excludes halogenated alkanes) is 64. The van der Waals surface area contributed by atoms with Gasteiger partial charge in [0.05, 0.1) is 32.0 Å². The molecule has 7 atom stereocenters. The quantitative estimate of drug-likeness (QED) is 0.0195. The van der Waals surface area contributed by atoms with Crippen LogP contribution in [0.5, 0.6) is 0 Å².